The summed E-state index contributed by atoms with van der Waals surface area (Å²) in [5.74, 6) is 1.66. The van der Waals surface area contributed by atoms with Crippen LogP contribution in [0.4, 0.5) is 0 Å². The Morgan fingerprint density at radius 1 is 1.09 bits per heavy atom. The molecule has 2 aliphatic rings. The molecule has 1 aromatic heterocycles. The Morgan fingerprint density at radius 3 is 2.59 bits per heavy atom. The molecule has 0 bridgehead atoms. The Labute approximate surface area is 199 Å². The van der Waals surface area contributed by atoms with Crippen molar-refractivity contribution in [1.29, 1.82) is 5.26 Å². The minimum Gasteiger partial charge on any atom is -0.493 e. The van der Waals surface area contributed by atoms with E-state index >= 15 is 0 Å². The van der Waals surface area contributed by atoms with Gasteiger partial charge in [0, 0.05) is 37.7 Å². The smallest absolute Gasteiger partial charge is 0.253 e. The van der Waals surface area contributed by atoms with Gasteiger partial charge in [-0.2, -0.15) is 5.26 Å². The molecule has 0 atom stereocenters. The summed E-state index contributed by atoms with van der Waals surface area (Å²) in [6.45, 7) is 4.51. The second kappa shape index (κ2) is 8.14. The lowest BCUT2D eigenvalue weighted by atomic mass is 9.86. The van der Waals surface area contributed by atoms with Crippen molar-refractivity contribution >= 4 is 5.91 Å². The van der Waals surface area contributed by atoms with Crippen molar-refractivity contribution in [3.63, 3.8) is 0 Å². The average Bonchev–Trinajstić information content (AvgIpc) is 3.36. The van der Waals surface area contributed by atoms with Gasteiger partial charge >= 0.3 is 0 Å². The maximum atomic E-state index is 13.3. The van der Waals surface area contributed by atoms with Gasteiger partial charge in [-0.25, -0.2) is 0 Å². The summed E-state index contributed by atoms with van der Waals surface area (Å²) in [5.41, 5.74) is 1.23. The van der Waals surface area contributed by atoms with Gasteiger partial charge in [0.2, 0.25) is 0 Å². The Kier molecular flexibility index (Phi) is 5.24. The normalized spacial score (nSPS) is 16.1. The van der Waals surface area contributed by atoms with E-state index in [0.29, 0.717) is 43.0 Å². The number of likely N-dealkylation sites (tertiary alicyclic amines) is 1. The number of benzene rings is 2. The molecule has 0 unspecified atom stereocenters. The van der Waals surface area contributed by atoms with Crippen molar-refractivity contribution in [1.82, 2.24) is 9.47 Å². The number of ether oxygens (including phenoxy) is 3. The van der Waals surface area contributed by atoms with Gasteiger partial charge in [0.05, 0.1) is 18.5 Å². The molecule has 174 valence electrons. The van der Waals surface area contributed by atoms with E-state index in [1.54, 1.807) is 32.0 Å². The largest absolute Gasteiger partial charge is 0.493 e. The van der Waals surface area contributed by atoms with Crippen LogP contribution in [0.2, 0.25) is 0 Å². The zero-order chi connectivity index (χ0) is 23.9. The number of rotatable bonds is 4. The Bertz CT molecular complexity index is 1280. The van der Waals surface area contributed by atoms with E-state index in [0.717, 1.165) is 17.1 Å². The second-order valence-corrected chi connectivity index (χ2v) is 9.21. The number of carbonyl (C=O) groups is 1. The van der Waals surface area contributed by atoms with Crippen molar-refractivity contribution in [2.45, 2.75) is 37.9 Å². The van der Waals surface area contributed by atoms with Crippen LogP contribution in [-0.2, 0) is 5.60 Å². The molecule has 2 aromatic carbocycles. The molecule has 3 heterocycles. The van der Waals surface area contributed by atoms with Crippen molar-refractivity contribution in [3.05, 3.63) is 72.1 Å². The van der Waals surface area contributed by atoms with Gasteiger partial charge < -0.3 is 23.7 Å². The molecule has 1 saturated heterocycles. The van der Waals surface area contributed by atoms with Crippen molar-refractivity contribution < 1.29 is 19.0 Å². The van der Waals surface area contributed by atoms with Crippen molar-refractivity contribution in [2.24, 2.45) is 0 Å². The van der Waals surface area contributed by atoms with E-state index in [2.05, 4.69) is 29.0 Å². The minimum absolute atomic E-state index is 0.0640. The summed E-state index contributed by atoms with van der Waals surface area (Å²) < 4.78 is 20.0. The van der Waals surface area contributed by atoms with Gasteiger partial charge in [0.1, 0.15) is 11.8 Å². The van der Waals surface area contributed by atoms with Crippen LogP contribution in [-0.4, -0.2) is 41.2 Å². The molecule has 34 heavy (non-hydrogen) atoms. The highest BCUT2D eigenvalue weighted by Crippen LogP contribution is 2.45. The summed E-state index contributed by atoms with van der Waals surface area (Å²) >= 11 is 0. The zero-order valence-corrected chi connectivity index (χ0v) is 19.6. The van der Waals surface area contributed by atoms with Crippen LogP contribution in [0.1, 0.15) is 42.7 Å². The molecule has 5 rings (SSSR count). The lowest BCUT2D eigenvalue weighted by Crippen LogP contribution is -2.50. The SMILES string of the molecule is COc1cc(C(=O)N2CCC3(CC2)Oc2ccccc2-n2cccc23)ccc1OC(C)(C)C#N. The zero-order valence-electron chi connectivity index (χ0n) is 19.6. The van der Waals surface area contributed by atoms with Gasteiger partial charge in [-0.3, -0.25) is 4.79 Å². The van der Waals surface area contributed by atoms with E-state index in [1.807, 2.05) is 29.2 Å². The molecular formula is C27H27N3O4. The molecule has 1 spiro atoms. The molecule has 0 aliphatic carbocycles. The predicted molar refractivity (Wildman–Crippen MR) is 127 cm³/mol. The lowest BCUT2D eigenvalue weighted by Gasteiger charge is -2.45. The van der Waals surface area contributed by atoms with Crippen LogP contribution in [0, 0.1) is 11.3 Å². The standard InChI is InChI=1S/C27H27N3O4/c1-26(2,18-28)33-22-11-10-19(17-23(22)32-3)25(31)29-15-12-27(13-16-29)24-9-6-14-30(24)20-7-4-5-8-21(20)34-27/h4-11,14,17H,12-13,15-16H2,1-3H3. The first-order chi connectivity index (χ1) is 16.4. The molecular weight excluding hydrogens is 430 g/mol. The number of hydrogen-bond donors (Lipinski definition) is 0. The van der Waals surface area contributed by atoms with Crippen LogP contribution in [0.15, 0.2) is 60.8 Å². The van der Waals surface area contributed by atoms with Gasteiger partial charge in [-0.15, -0.1) is 0 Å². The third-order valence-electron chi connectivity index (χ3n) is 6.55. The van der Waals surface area contributed by atoms with Crippen LogP contribution < -0.4 is 14.2 Å². The lowest BCUT2D eigenvalue weighted by molar-refractivity contribution is -0.00931. The molecule has 1 amide bonds. The molecule has 0 saturated carbocycles. The van der Waals surface area contributed by atoms with E-state index < -0.39 is 11.2 Å². The molecule has 1 fully saturated rings. The highest BCUT2D eigenvalue weighted by Gasteiger charge is 2.44. The monoisotopic (exact) mass is 457 g/mol. The molecule has 2 aliphatic heterocycles. The summed E-state index contributed by atoms with van der Waals surface area (Å²) in [7, 11) is 1.52. The number of nitrogens with zero attached hydrogens (tertiary/aromatic N) is 3. The number of methoxy groups -OCH3 is 1. The average molecular weight is 458 g/mol. The van der Waals surface area contributed by atoms with E-state index in [1.165, 1.54) is 7.11 Å². The Hall–Kier alpha value is -3.92. The van der Waals surface area contributed by atoms with Gasteiger partial charge in [-0.1, -0.05) is 12.1 Å². The van der Waals surface area contributed by atoms with E-state index in [9.17, 15) is 10.1 Å². The Morgan fingerprint density at radius 2 is 1.85 bits per heavy atom. The third-order valence-corrected chi connectivity index (χ3v) is 6.55. The number of aromatic nitrogens is 1. The first-order valence-corrected chi connectivity index (χ1v) is 11.4. The molecule has 7 heteroatoms. The van der Waals surface area contributed by atoms with Crippen LogP contribution in [0.5, 0.6) is 17.2 Å². The maximum Gasteiger partial charge on any atom is 0.253 e. The number of hydrogen-bond acceptors (Lipinski definition) is 5. The summed E-state index contributed by atoms with van der Waals surface area (Å²) in [4.78, 5) is 15.2. The summed E-state index contributed by atoms with van der Waals surface area (Å²) in [6, 6.07) is 19.4. The minimum atomic E-state index is -1.00. The fourth-order valence-corrected chi connectivity index (χ4v) is 4.76. The second-order valence-electron chi connectivity index (χ2n) is 9.21. The van der Waals surface area contributed by atoms with Gasteiger partial charge in [0.15, 0.2) is 22.7 Å². The quantitative estimate of drug-likeness (QED) is 0.568. The molecule has 7 nitrogen and oxygen atoms in total. The predicted octanol–water partition coefficient (Wildman–Crippen LogP) is 4.69. The molecule has 0 radical (unpaired) electrons. The third kappa shape index (κ3) is 3.65. The topological polar surface area (TPSA) is 76.7 Å². The fraction of sp³-hybridized carbons (Fsp3) is 0.333. The molecule has 3 aromatic rings. The number of para-hydroxylation sites is 2. The number of piperidine rings is 1. The number of carbonyl (C=O) groups excluding carboxylic acids is 1. The van der Waals surface area contributed by atoms with Crippen molar-refractivity contribution in [3.8, 4) is 29.0 Å². The molecule has 0 N–H and O–H groups in total. The fourth-order valence-electron chi connectivity index (χ4n) is 4.76. The van der Waals surface area contributed by atoms with Crippen LogP contribution in [0.25, 0.3) is 5.69 Å². The first-order valence-electron chi connectivity index (χ1n) is 11.4. The number of amides is 1. The Balaban J connectivity index is 1.34. The van der Waals surface area contributed by atoms with E-state index in [4.69, 9.17) is 14.2 Å². The summed E-state index contributed by atoms with van der Waals surface area (Å²) in [5, 5.41) is 9.25. The first kappa shape index (κ1) is 21.9. The van der Waals surface area contributed by atoms with Crippen LogP contribution in [0.3, 0.4) is 0 Å². The highest BCUT2D eigenvalue weighted by molar-refractivity contribution is 5.95. The van der Waals surface area contributed by atoms with Crippen LogP contribution >= 0.6 is 0 Å². The van der Waals surface area contributed by atoms with Gasteiger partial charge in [-0.05, 0) is 56.3 Å². The maximum absolute atomic E-state index is 13.3. The van der Waals surface area contributed by atoms with Crippen molar-refractivity contribution in [2.75, 3.05) is 20.2 Å². The number of nitriles is 1. The van der Waals surface area contributed by atoms with E-state index in [-0.39, 0.29) is 5.91 Å². The van der Waals surface area contributed by atoms with Gasteiger partial charge in [0.25, 0.3) is 5.91 Å². The highest BCUT2D eigenvalue weighted by atomic mass is 16.5. The summed E-state index contributed by atoms with van der Waals surface area (Å²) in [6.07, 6.45) is 3.47. The number of fused-ring (bicyclic) bond motifs is 4.